The number of methoxy groups -OCH3 is 2. The Bertz CT molecular complexity index is 1160. The lowest BCUT2D eigenvalue weighted by molar-refractivity contribution is 0.305. The number of aliphatic hydroxyl groups excluding tert-OH is 1. The van der Waals surface area contributed by atoms with Gasteiger partial charge in [-0.2, -0.15) is 0 Å². The van der Waals surface area contributed by atoms with Crippen molar-refractivity contribution >= 4 is 22.3 Å². The number of aliphatic hydroxyl groups is 1. The van der Waals surface area contributed by atoms with Gasteiger partial charge in [-0.15, -0.1) is 0 Å². The molecule has 1 aliphatic heterocycles. The summed E-state index contributed by atoms with van der Waals surface area (Å²) in [5.41, 5.74) is 1.17. The first-order chi connectivity index (χ1) is 15.6. The molecule has 1 fully saturated rings. The van der Waals surface area contributed by atoms with Crippen LogP contribution < -0.4 is 25.2 Å². The highest BCUT2D eigenvalue weighted by Crippen LogP contribution is 2.37. The lowest BCUT2D eigenvalue weighted by Gasteiger charge is -2.26. The molecule has 2 aromatic carbocycles. The Kier molecular flexibility index (Phi) is 6.57. The molecule has 0 saturated carbocycles. The number of nitrogens with zero attached hydrogens (tertiary/aromatic N) is 3. The highest BCUT2D eigenvalue weighted by atomic mass is 19.1. The number of halogens is 1. The second-order valence-electron chi connectivity index (χ2n) is 7.68. The zero-order valence-corrected chi connectivity index (χ0v) is 18.2. The third-order valence-electron chi connectivity index (χ3n) is 5.84. The van der Waals surface area contributed by atoms with Crippen molar-refractivity contribution in [1.29, 1.82) is 0 Å². The van der Waals surface area contributed by atoms with Gasteiger partial charge >= 0.3 is 0 Å². The molecule has 2 N–H and O–H groups in total. The molecule has 0 unspecified atom stereocenters. The van der Waals surface area contributed by atoms with E-state index < -0.39 is 5.82 Å². The minimum absolute atomic E-state index is 0.0259. The molecular formula is C23H27FN4O4. The van der Waals surface area contributed by atoms with E-state index >= 15 is 4.39 Å². The number of aromatic nitrogens is 2. The van der Waals surface area contributed by atoms with Gasteiger partial charge in [0.2, 0.25) is 0 Å². The SMILES string of the molecule is COc1cc(OC)c(F)c(N(CCO)c2ccc3ncn(C4CCNCC4)c(=O)c3c2)c1. The van der Waals surface area contributed by atoms with Crippen molar-refractivity contribution in [1.82, 2.24) is 14.9 Å². The molecule has 9 heteroatoms. The molecule has 32 heavy (non-hydrogen) atoms. The fourth-order valence-electron chi connectivity index (χ4n) is 4.15. The summed E-state index contributed by atoms with van der Waals surface area (Å²) < 4.78 is 27.3. The number of piperidine rings is 1. The number of rotatable bonds is 7. The summed E-state index contributed by atoms with van der Waals surface area (Å²) >= 11 is 0. The molecule has 1 saturated heterocycles. The van der Waals surface area contributed by atoms with Crippen molar-refractivity contribution in [2.24, 2.45) is 0 Å². The second kappa shape index (κ2) is 9.54. The van der Waals surface area contributed by atoms with Gasteiger partial charge in [-0.3, -0.25) is 9.36 Å². The van der Waals surface area contributed by atoms with E-state index in [1.54, 1.807) is 34.0 Å². The van der Waals surface area contributed by atoms with Crippen LogP contribution in [0, 0.1) is 5.82 Å². The van der Waals surface area contributed by atoms with Gasteiger partial charge in [0.05, 0.1) is 43.7 Å². The zero-order valence-electron chi connectivity index (χ0n) is 18.2. The summed E-state index contributed by atoms with van der Waals surface area (Å²) in [5, 5.41) is 13.4. The first kappa shape index (κ1) is 22.0. The molecule has 0 spiro atoms. The number of anilines is 2. The van der Waals surface area contributed by atoms with Crippen molar-refractivity contribution in [3.05, 3.63) is 52.8 Å². The molecule has 0 aliphatic carbocycles. The molecule has 0 atom stereocenters. The molecule has 2 heterocycles. The third kappa shape index (κ3) is 4.13. The van der Waals surface area contributed by atoms with Crippen LogP contribution in [0.2, 0.25) is 0 Å². The molecular weight excluding hydrogens is 415 g/mol. The molecule has 170 valence electrons. The Morgan fingerprint density at radius 1 is 1.22 bits per heavy atom. The Morgan fingerprint density at radius 2 is 2.00 bits per heavy atom. The highest BCUT2D eigenvalue weighted by molar-refractivity contribution is 5.83. The number of hydrogen-bond donors (Lipinski definition) is 2. The van der Waals surface area contributed by atoms with E-state index in [0.717, 1.165) is 25.9 Å². The van der Waals surface area contributed by atoms with Crippen LogP contribution in [0.15, 0.2) is 41.5 Å². The fourth-order valence-corrected chi connectivity index (χ4v) is 4.15. The van der Waals surface area contributed by atoms with Crippen LogP contribution in [0.4, 0.5) is 15.8 Å². The number of hydrogen-bond acceptors (Lipinski definition) is 7. The Labute approximate surface area is 185 Å². The van der Waals surface area contributed by atoms with E-state index in [0.29, 0.717) is 22.3 Å². The maximum atomic E-state index is 15.2. The van der Waals surface area contributed by atoms with E-state index in [-0.39, 0.29) is 36.2 Å². The Morgan fingerprint density at radius 3 is 2.69 bits per heavy atom. The van der Waals surface area contributed by atoms with Crippen molar-refractivity contribution in [2.75, 3.05) is 45.4 Å². The van der Waals surface area contributed by atoms with Crippen LogP contribution in [0.1, 0.15) is 18.9 Å². The van der Waals surface area contributed by atoms with Gasteiger partial charge in [-0.25, -0.2) is 9.37 Å². The summed E-state index contributed by atoms with van der Waals surface area (Å²) in [5.74, 6) is -0.143. The second-order valence-corrected chi connectivity index (χ2v) is 7.68. The van der Waals surface area contributed by atoms with E-state index in [2.05, 4.69) is 10.3 Å². The lowest BCUT2D eigenvalue weighted by Crippen LogP contribution is -2.34. The monoisotopic (exact) mass is 442 g/mol. The standard InChI is InChI=1S/C23H27FN4O4/c1-31-17-12-20(22(24)21(13-17)32-2)27(9-10-29)16-3-4-19-18(11-16)23(30)28(14-26-19)15-5-7-25-8-6-15/h3-4,11-15,25,29H,5-10H2,1-2H3. The zero-order chi connectivity index (χ0) is 22.7. The van der Waals surface area contributed by atoms with Crippen LogP contribution in [0.5, 0.6) is 11.5 Å². The average Bonchev–Trinajstić information content (AvgIpc) is 2.83. The van der Waals surface area contributed by atoms with E-state index in [4.69, 9.17) is 9.47 Å². The summed E-state index contributed by atoms with van der Waals surface area (Å²) in [6, 6.07) is 8.27. The predicted octanol–water partition coefficient (Wildman–Crippen LogP) is 2.61. The molecule has 8 nitrogen and oxygen atoms in total. The predicted molar refractivity (Wildman–Crippen MR) is 121 cm³/mol. The summed E-state index contributed by atoms with van der Waals surface area (Å²) in [6.07, 6.45) is 3.33. The van der Waals surface area contributed by atoms with Crippen LogP contribution >= 0.6 is 0 Å². The number of ether oxygens (including phenoxy) is 2. The topological polar surface area (TPSA) is 88.8 Å². The first-order valence-corrected chi connectivity index (χ1v) is 10.6. The smallest absolute Gasteiger partial charge is 0.261 e. The number of fused-ring (bicyclic) bond motifs is 1. The largest absolute Gasteiger partial charge is 0.497 e. The number of benzene rings is 2. The average molecular weight is 442 g/mol. The summed E-state index contributed by atoms with van der Waals surface area (Å²) in [4.78, 5) is 19.4. The van der Waals surface area contributed by atoms with Crippen LogP contribution in [-0.4, -0.2) is 55.1 Å². The van der Waals surface area contributed by atoms with Crippen molar-refractivity contribution in [3.8, 4) is 11.5 Å². The van der Waals surface area contributed by atoms with Crippen molar-refractivity contribution in [2.45, 2.75) is 18.9 Å². The van der Waals surface area contributed by atoms with Gasteiger partial charge in [0, 0.05) is 30.4 Å². The molecule has 1 aliphatic rings. The molecule has 3 aromatic rings. The van der Waals surface area contributed by atoms with Crippen molar-refractivity contribution < 1.29 is 19.0 Å². The van der Waals surface area contributed by atoms with Gasteiger partial charge < -0.3 is 24.8 Å². The Balaban J connectivity index is 1.83. The molecule has 0 amide bonds. The molecule has 0 radical (unpaired) electrons. The maximum Gasteiger partial charge on any atom is 0.261 e. The quantitative estimate of drug-likeness (QED) is 0.581. The van der Waals surface area contributed by atoms with E-state index in [9.17, 15) is 9.90 Å². The molecule has 4 rings (SSSR count). The van der Waals surface area contributed by atoms with Crippen LogP contribution in [-0.2, 0) is 0 Å². The summed E-state index contributed by atoms with van der Waals surface area (Å²) in [6.45, 7) is 1.61. The lowest BCUT2D eigenvalue weighted by atomic mass is 10.1. The fraction of sp³-hybridized carbons (Fsp3) is 0.391. The van der Waals surface area contributed by atoms with Gasteiger partial charge in [-0.05, 0) is 44.1 Å². The van der Waals surface area contributed by atoms with Gasteiger partial charge in [0.15, 0.2) is 11.6 Å². The first-order valence-electron chi connectivity index (χ1n) is 10.6. The number of nitrogens with one attached hydrogen (secondary N) is 1. The normalized spacial score (nSPS) is 14.5. The molecule has 0 bridgehead atoms. The minimum Gasteiger partial charge on any atom is -0.497 e. The van der Waals surface area contributed by atoms with Gasteiger partial charge in [-0.1, -0.05) is 0 Å². The van der Waals surface area contributed by atoms with Crippen LogP contribution in [0.25, 0.3) is 10.9 Å². The van der Waals surface area contributed by atoms with E-state index in [1.165, 1.54) is 26.4 Å². The summed E-state index contributed by atoms with van der Waals surface area (Å²) in [7, 11) is 2.86. The maximum absolute atomic E-state index is 15.2. The van der Waals surface area contributed by atoms with Gasteiger partial charge in [0.25, 0.3) is 5.56 Å². The third-order valence-corrected chi connectivity index (χ3v) is 5.84. The van der Waals surface area contributed by atoms with Crippen molar-refractivity contribution in [3.63, 3.8) is 0 Å². The minimum atomic E-state index is -0.583. The molecule has 1 aromatic heterocycles. The van der Waals surface area contributed by atoms with Crippen LogP contribution in [0.3, 0.4) is 0 Å². The highest BCUT2D eigenvalue weighted by Gasteiger charge is 2.21. The Hall–Kier alpha value is -3.17. The van der Waals surface area contributed by atoms with Gasteiger partial charge in [0.1, 0.15) is 5.75 Å². The van der Waals surface area contributed by atoms with E-state index in [1.807, 2.05) is 0 Å².